The molecule has 0 spiro atoms. The summed E-state index contributed by atoms with van der Waals surface area (Å²) in [4.78, 5) is 12.6. The van der Waals surface area contributed by atoms with E-state index in [1.165, 1.54) is 11.1 Å². The summed E-state index contributed by atoms with van der Waals surface area (Å²) in [5.74, 6) is 1.68. The van der Waals surface area contributed by atoms with E-state index in [1.54, 1.807) is 0 Å². The normalized spacial score (nSPS) is 22.9. The molecule has 152 valence electrons. The molecular formula is C25H30N2O2. The number of allylic oxidation sites excluding steroid dienone is 2. The number of hydrogen-bond acceptors (Lipinski definition) is 3. The van der Waals surface area contributed by atoms with Gasteiger partial charge in [-0.3, -0.25) is 4.79 Å². The van der Waals surface area contributed by atoms with Crippen molar-refractivity contribution in [2.24, 2.45) is 5.92 Å². The van der Waals surface area contributed by atoms with Gasteiger partial charge in [0, 0.05) is 28.8 Å². The van der Waals surface area contributed by atoms with Gasteiger partial charge in [-0.2, -0.15) is 0 Å². The molecule has 1 heterocycles. The maximum atomic E-state index is 12.6. The number of anilines is 1. The Bertz CT molecular complexity index is 921. The van der Waals surface area contributed by atoms with E-state index < -0.39 is 0 Å². The summed E-state index contributed by atoms with van der Waals surface area (Å²) < 4.78 is 5.91. The lowest BCUT2D eigenvalue weighted by atomic mass is 9.76. The number of nitrogens with one attached hydrogen (secondary N) is 2. The van der Waals surface area contributed by atoms with Gasteiger partial charge in [-0.1, -0.05) is 37.3 Å². The van der Waals surface area contributed by atoms with E-state index in [0.717, 1.165) is 29.8 Å². The van der Waals surface area contributed by atoms with E-state index in [2.05, 4.69) is 60.0 Å². The number of carbonyl (C=O) groups is 1. The molecule has 2 aliphatic rings. The van der Waals surface area contributed by atoms with Gasteiger partial charge in [0.1, 0.15) is 5.75 Å². The van der Waals surface area contributed by atoms with E-state index in [1.807, 2.05) is 26.0 Å². The number of para-hydroxylation sites is 1. The highest BCUT2D eigenvalue weighted by molar-refractivity contribution is 5.95. The molecule has 2 aromatic carbocycles. The molecule has 4 unspecified atom stereocenters. The Morgan fingerprint density at radius 2 is 2.03 bits per heavy atom. The molecule has 4 heteroatoms. The second kappa shape index (κ2) is 8.32. The number of carbonyl (C=O) groups excluding carboxylic acids is 1. The van der Waals surface area contributed by atoms with Crippen molar-refractivity contribution in [2.45, 2.75) is 51.6 Å². The van der Waals surface area contributed by atoms with Crippen molar-refractivity contribution in [1.82, 2.24) is 5.32 Å². The van der Waals surface area contributed by atoms with Gasteiger partial charge in [-0.05, 0) is 62.4 Å². The summed E-state index contributed by atoms with van der Waals surface area (Å²) in [6.07, 6.45) is 6.52. The first-order valence-electron chi connectivity index (χ1n) is 10.7. The lowest BCUT2D eigenvalue weighted by Gasteiger charge is -2.38. The molecule has 0 saturated heterocycles. The largest absolute Gasteiger partial charge is 0.494 e. The molecular weight excluding hydrogens is 360 g/mol. The summed E-state index contributed by atoms with van der Waals surface area (Å²) in [6.45, 7) is 6.79. The van der Waals surface area contributed by atoms with Gasteiger partial charge < -0.3 is 15.4 Å². The van der Waals surface area contributed by atoms with Gasteiger partial charge in [-0.15, -0.1) is 0 Å². The third-order valence-electron chi connectivity index (χ3n) is 6.17. The van der Waals surface area contributed by atoms with Crippen molar-refractivity contribution >= 4 is 11.6 Å². The molecule has 2 N–H and O–H groups in total. The third kappa shape index (κ3) is 3.76. The highest BCUT2D eigenvalue weighted by Crippen LogP contribution is 2.51. The maximum Gasteiger partial charge on any atom is 0.251 e. The smallest absolute Gasteiger partial charge is 0.251 e. The zero-order chi connectivity index (χ0) is 20.4. The van der Waals surface area contributed by atoms with Crippen molar-refractivity contribution < 1.29 is 9.53 Å². The Hall–Kier alpha value is -2.75. The van der Waals surface area contributed by atoms with E-state index in [4.69, 9.17) is 4.74 Å². The predicted molar refractivity (Wildman–Crippen MR) is 118 cm³/mol. The summed E-state index contributed by atoms with van der Waals surface area (Å²) in [5.41, 5.74) is 4.26. The van der Waals surface area contributed by atoms with Crippen molar-refractivity contribution in [3.8, 4) is 5.75 Å². The average molecular weight is 391 g/mol. The third-order valence-corrected chi connectivity index (χ3v) is 6.17. The molecule has 0 fully saturated rings. The van der Waals surface area contributed by atoms with Crippen LogP contribution < -0.4 is 15.4 Å². The number of fused-ring (bicyclic) bond motifs is 3. The molecule has 1 aliphatic heterocycles. The average Bonchev–Trinajstić information content (AvgIpc) is 3.23. The second-order valence-corrected chi connectivity index (χ2v) is 8.03. The first-order chi connectivity index (χ1) is 14.1. The van der Waals surface area contributed by atoms with Crippen LogP contribution in [0.15, 0.2) is 54.6 Å². The van der Waals surface area contributed by atoms with Crippen molar-refractivity contribution in [1.29, 1.82) is 0 Å². The van der Waals surface area contributed by atoms with Crippen LogP contribution in [0, 0.1) is 5.92 Å². The fraction of sp³-hybridized carbons (Fsp3) is 0.400. The van der Waals surface area contributed by atoms with E-state index in [0.29, 0.717) is 18.4 Å². The van der Waals surface area contributed by atoms with E-state index in [-0.39, 0.29) is 18.0 Å². The molecule has 1 aliphatic carbocycles. The number of hydrogen-bond donors (Lipinski definition) is 2. The van der Waals surface area contributed by atoms with Gasteiger partial charge in [0.2, 0.25) is 0 Å². The maximum absolute atomic E-state index is 12.6. The number of rotatable bonds is 6. The topological polar surface area (TPSA) is 50.4 Å². The van der Waals surface area contributed by atoms with Crippen LogP contribution in [0.3, 0.4) is 0 Å². The Labute approximate surface area is 173 Å². The molecule has 0 radical (unpaired) electrons. The molecule has 0 saturated carbocycles. The Balaban J connectivity index is 1.67. The minimum Gasteiger partial charge on any atom is -0.494 e. The molecule has 4 atom stereocenters. The minimum atomic E-state index is 0.00416. The van der Waals surface area contributed by atoms with Gasteiger partial charge in [0.15, 0.2) is 0 Å². The first kappa shape index (κ1) is 19.6. The van der Waals surface area contributed by atoms with Gasteiger partial charge >= 0.3 is 0 Å². The number of benzene rings is 2. The Morgan fingerprint density at radius 1 is 1.21 bits per heavy atom. The first-order valence-corrected chi connectivity index (χ1v) is 10.7. The van der Waals surface area contributed by atoms with Crippen molar-refractivity contribution in [3.05, 3.63) is 71.3 Å². The Kier molecular flexibility index (Phi) is 5.61. The lowest BCUT2D eigenvalue weighted by molar-refractivity contribution is 0.0939. The highest BCUT2D eigenvalue weighted by Gasteiger charge is 2.39. The second-order valence-electron chi connectivity index (χ2n) is 8.03. The van der Waals surface area contributed by atoms with Crippen molar-refractivity contribution in [3.63, 3.8) is 0 Å². The van der Waals surface area contributed by atoms with Crippen LogP contribution in [-0.4, -0.2) is 18.6 Å². The van der Waals surface area contributed by atoms with Crippen LogP contribution in [0.25, 0.3) is 0 Å². The Morgan fingerprint density at radius 3 is 2.83 bits per heavy atom. The number of ether oxygens (including phenoxy) is 1. The SMILES string of the molecule is CCOc1ccccc1C1Nc2ccc(C(=O)NC(C)CC)cc2C2C=CCC21. The molecule has 29 heavy (non-hydrogen) atoms. The number of amides is 1. The molecule has 0 aromatic heterocycles. The highest BCUT2D eigenvalue weighted by atomic mass is 16.5. The summed E-state index contributed by atoms with van der Waals surface area (Å²) in [6, 6.07) is 14.7. The predicted octanol–water partition coefficient (Wildman–Crippen LogP) is 5.44. The van der Waals surface area contributed by atoms with E-state index >= 15 is 0 Å². The molecule has 1 amide bonds. The fourth-order valence-corrected chi connectivity index (χ4v) is 4.48. The van der Waals surface area contributed by atoms with Crippen LogP contribution >= 0.6 is 0 Å². The minimum absolute atomic E-state index is 0.00416. The van der Waals surface area contributed by atoms with Crippen LogP contribution in [0.1, 0.15) is 67.1 Å². The fourth-order valence-electron chi connectivity index (χ4n) is 4.48. The van der Waals surface area contributed by atoms with Crippen LogP contribution in [0.5, 0.6) is 5.75 Å². The summed E-state index contributed by atoms with van der Waals surface area (Å²) in [5, 5.41) is 6.82. The monoisotopic (exact) mass is 390 g/mol. The molecule has 4 nitrogen and oxygen atoms in total. The summed E-state index contributed by atoms with van der Waals surface area (Å²) in [7, 11) is 0. The van der Waals surface area contributed by atoms with Crippen LogP contribution in [0.4, 0.5) is 5.69 Å². The molecule has 0 bridgehead atoms. The van der Waals surface area contributed by atoms with Crippen LogP contribution in [0.2, 0.25) is 0 Å². The summed E-state index contributed by atoms with van der Waals surface area (Å²) >= 11 is 0. The lowest BCUT2D eigenvalue weighted by Crippen LogP contribution is -2.33. The van der Waals surface area contributed by atoms with Gasteiger partial charge in [0.05, 0.1) is 12.6 Å². The molecule has 4 rings (SSSR count). The zero-order valence-corrected chi connectivity index (χ0v) is 17.4. The van der Waals surface area contributed by atoms with Gasteiger partial charge in [0.25, 0.3) is 5.91 Å². The van der Waals surface area contributed by atoms with Crippen LogP contribution in [-0.2, 0) is 0 Å². The molecule has 2 aromatic rings. The van der Waals surface area contributed by atoms with E-state index in [9.17, 15) is 4.79 Å². The standard InChI is InChI=1S/C25H30N2O2/c1-4-16(3)26-25(28)17-13-14-22-21(15-17)18-10-8-11-19(18)24(27-22)20-9-6-7-12-23(20)29-5-2/h6-10,12-16,18-19,24,27H,4-5,11H2,1-3H3,(H,26,28). The van der Waals surface area contributed by atoms with Gasteiger partial charge in [-0.25, -0.2) is 0 Å². The van der Waals surface area contributed by atoms with Crippen molar-refractivity contribution in [2.75, 3.05) is 11.9 Å². The zero-order valence-electron chi connectivity index (χ0n) is 17.4. The quantitative estimate of drug-likeness (QED) is 0.646.